The van der Waals surface area contributed by atoms with Crippen molar-refractivity contribution in [1.82, 2.24) is 0 Å². The van der Waals surface area contributed by atoms with Gasteiger partial charge in [0, 0.05) is 19.3 Å². The van der Waals surface area contributed by atoms with Crippen LogP contribution in [0.2, 0.25) is 0 Å². The molecule has 0 fully saturated rings. The van der Waals surface area contributed by atoms with Crippen molar-refractivity contribution in [3.05, 3.63) is 0 Å². The van der Waals surface area contributed by atoms with Crippen LogP contribution in [0.4, 0.5) is 0 Å². The molecule has 0 saturated heterocycles. The van der Waals surface area contributed by atoms with Crippen LogP contribution in [-0.2, 0) is 28.7 Å². The highest BCUT2D eigenvalue weighted by Gasteiger charge is 2.41. The summed E-state index contributed by atoms with van der Waals surface area (Å²) in [5, 5.41) is 19.2. The Morgan fingerprint density at radius 1 is 0.345 bits per heavy atom. The molecule has 0 aliphatic heterocycles. The third-order valence-electron chi connectivity index (χ3n) is 12.0. The zero-order valence-corrected chi connectivity index (χ0v) is 38.2. The van der Waals surface area contributed by atoms with Crippen LogP contribution in [0, 0.1) is 5.41 Å². The quantitative estimate of drug-likeness (QED) is 0.0459. The summed E-state index contributed by atoms with van der Waals surface area (Å²) >= 11 is 0. The fourth-order valence-corrected chi connectivity index (χ4v) is 7.90. The van der Waals surface area contributed by atoms with Crippen molar-refractivity contribution >= 4 is 23.9 Å². The van der Waals surface area contributed by atoms with Gasteiger partial charge >= 0.3 is 23.9 Å². The van der Waals surface area contributed by atoms with Gasteiger partial charge in [0.15, 0.2) is 0 Å². The fourth-order valence-electron chi connectivity index (χ4n) is 7.90. The third-order valence-corrected chi connectivity index (χ3v) is 12.0. The summed E-state index contributed by atoms with van der Waals surface area (Å²) in [5.74, 6) is -2.63. The highest BCUT2D eigenvalue weighted by Crippen LogP contribution is 2.29. The van der Waals surface area contributed by atoms with Gasteiger partial charge < -0.3 is 19.7 Å². The fraction of sp³-hybridized carbons (Fsp3) is 0.920. The zero-order valence-electron chi connectivity index (χ0n) is 38.2. The second kappa shape index (κ2) is 43.0. The van der Waals surface area contributed by atoms with Crippen LogP contribution in [-0.4, -0.2) is 47.3 Å². The number of aliphatic carboxylic acids is 2. The number of hydrogen-bond donors (Lipinski definition) is 2. The van der Waals surface area contributed by atoms with Crippen molar-refractivity contribution in [2.45, 2.75) is 277 Å². The summed E-state index contributed by atoms with van der Waals surface area (Å²) < 4.78 is 11.2. The number of ether oxygens (including phenoxy) is 2. The summed E-state index contributed by atoms with van der Waals surface area (Å²) in [6.45, 7) is 3.94. The van der Waals surface area contributed by atoms with Gasteiger partial charge in [-0.3, -0.25) is 19.2 Å². The number of esters is 2. The van der Waals surface area contributed by atoms with Crippen molar-refractivity contribution in [3.8, 4) is 0 Å². The van der Waals surface area contributed by atoms with E-state index in [-0.39, 0.29) is 50.8 Å². The summed E-state index contributed by atoms with van der Waals surface area (Å²) in [6, 6.07) is 0. The molecule has 0 saturated carbocycles. The van der Waals surface area contributed by atoms with Gasteiger partial charge in [0.25, 0.3) is 0 Å². The van der Waals surface area contributed by atoms with Crippen LogP contribution in [0.3, 0.4) is 0 Å². The molecule has 0 aliphatic rings. The predicted octanol–water partition coefficient (Wildman–Crippen LogP) is 15.3. The lowest BCUT2D eigenvalue weighted by molar-refractivity contribution is -0.168. The molecule has 0 rings (SSSR count). The SMILES string of the molecule is CCCCCCCCCCCCCCCCCC(=O)OCC(CCCCCCCCCC(=O)O)(COC(=O)CCCCCCCCCCCCCCCCC)C(=O)O. The summed E-state index contributed by atoms with van der Waals surface area (Å²) in [4.78, 5) is 48.9. The molecule has 0 aromatic rings. The van der Waals surface area contributed by atoms with E-state index in [4.69, 9.17) is 14.6 Å². The number of carbonyl (C=O) groups is 4. The standard InChI is InChI=1S/C50H94O8/c1-3-5-7-9-11-13-15-17-19-21-23-25-29-33-37-41-47(53)57-44-50(49(55)56,43-39-35-31-27-28-32-36-40-46(51)52)45-58-48(54)42-38-34-30-26-24-22-20-18-16-14-12-10-8-6-4-2/h3-45H2,1-2H3,(H,51,52)(H,55,56). The summed E-state index contributed by atoms with van der Waals surface area (Å²) in [6.07, 6.45) is 44.2. The first-order valence-electron chi connectivity index (χ1n) is 25.0. The van der Waals surface area contributed by atoms with E-state index in [0.29, 0.717) is 12.8 Å². The largest absolute Gasteiger partial charge is 0.481 e. The number of rotatable bonds is 47. The lowest BCUT2D eigenvalue weighted by atomic mass is 9.83. The van der Waals surface area contributed by atoms with Crippen molar-refractivity contribution in [3.63, 3.8) is 0 Å². The molecular weight excluding hydrogens is 729 g/mol. The highest BCUT2D eigenvalue weighted by atomic mass is 16.6. The first-order valence-corrected chi connectivity index (χ1v) is 25.0. The molecule has 0 aromatic carbocycles. The molecule has 2 N–H and O–H groups in total. The first kappa shape index (κ1) is 55.9. The minimum Gasteiger partial charge on any atom is -0.481 e. The molecule has 58 heavy (non-hydrogen) atoms. The second-order valence-corrected chi connectivity index (χ2v) is 17.7. The first-order chi connectivity index (χ1) is 28.3. The topological polar surface area (TPSA) is 127 Å². The maximum atomic E-state index is 12.7. The average molecular weight is 823 g/mol. The van der Waals surface area contributed by atoms with Gasteiger partial charge in [-0.05, 0) is 25.7 Å². The van der Waals surface area contributed by atoms with Crippen LogP contribution in [0.1, 0.15) is 277 Å². The molecule has 0 radical (unpaired) electrons. The van der Waals surface area contributed by atoms with E-state index in [2.05, 4.69) is 13.8 Å². The van der Waals surface area contributed by atoms with E-state index in [9.17, 15) is 24.3 Å². The summed E-state index contributed by atoms with van der Waals surface area (Å²) in [7, 11) is 0. The number of carboxylic acid groups (broad SMARTS) is 2. The maximum absolute atomic E-state index is 12.7. The molecule has 0 bridgehead atoms. The van der Waals surface area contributed by atoms with Crippen molar-refractivity contribution < 1.29 is 38.9 Å². The van der Waals surface area contributed by atoms with E-state index in [1.165, 1.54) is 154 Å². The Balaban J connectivity index is 4.49. The average Bonchev–Trinajstić information content (AvgIpc) is 3.20. The number of hydrogen-bond acceptors (Lipinski definition) is 6. The monoisotopic (exact) mass is 823 g/mol. The van der Waals surface area contributed by atoms with E-state index in [1.54, 1.807) is 0 Å². The molecule has 0 unspecified atom stereocenters. The number of carbonyl (C=O) groups excluding carboxylic acids is 2. The number of carboxylic acids is 2. The van der Waals surface area contributed by atoms with Crippen molar-refractivity contribution in [1.29, 1.82) is 0 Å². The van der Waals surface area contributed by atoms with Gasteiger partial charge in [-0.25, -0.2) is 0 Å². The molecule has 0 spiro atoms. The van der Waals surface area contributed by atoms with Crippen LogP contribution in [0.15, 0.2) is 0 Å². The van der Waals surface area contributed by atoms with Gasteiger partial charge in [0.1, 0.15) is 18.6 Å². The zero-order chi connectivity index (χ0) is 42.6. The molecule has 0 aromatic heterocycles. The molecule has 0 atom stereocenters. The highest BCUT2D eigenvalue weighted by molar-refractivity contribution is 5.77. The minimum atomic E-state index is -1.46. The van der Waals surface area contributed by atoms with Crippen molar-refractivity contribution in [2.75, 3.05) is 13.2 Å². The molecular formula is C50H94O8. The van der Waals surface area contributed by atoms with E-state index < -0.39 is 17.4 Å². The third kappa shape index (κ3) is 38.1. The maximum Gasteiger partial charge on any atom is 0.316 e. The molecule has 8 nitrogen and oxygen atoms in total. The van der Waals surface area contributed by atoms with Crippen LogP contribution in [0.5, 0.6) is 0 Å². The Hall–Kier alpha value is -2.12. The minimum absolute atomic E-state index is 0.192. The molecule has 8 heteroatoms. The molecule has 0 amide bonds. The Kier molecular flexibility index (Phi) is 41.4. The summed E-state index contributed by atoms with van der Waals surface area (Å²) in [5.41, 5.74) is -1.46. The van der Waals surface area contributed by atoms with Gasteiger partial charge in [0.05, 0.1) is 0 Å². The second-order valence-electron chi connectivity index (χ2n) is 17.7. The van der Waals surface area contributed by atoms with Crippen LogP contribution in [0.25, 0.3) is 0 Å². The molecule has 0 aliphatic carbocycles. The predicted molar refractivity (Wildman–Crippen MR) is 240 cm³/mol. The van der Waals surface area contributed by atoms with Gasteiger partial charge in [-0.2, -0.15) is 0 Å². The van der Waals surface area contributed by atoms with E-state index in [0.717, 1.165) is 70.6 Å². The van der Waals surface area contributed by atoms with Gasteiger partial charge in [-0.15, -0.1) is 0 Å². The molecule has 0 heterocycles. The van der Waals surface area contributed by atoms with E-state index in [1.807, 2.05) is 0 Å². The Morgan fingerprint density at radius 3 is 0.845 bits per heavy atom. The molecule has 342 valence electrons. The van der Waals surface area contributed by atoms with Crippen LogP contribution < -0.4 is 0 Å². The van der Waals surface area contributed by atoms with Gasteiger partial charge in [-0.1, -0.05) is 232 Å². The lowest BCUT2D eigenvalue weighted by Crippen LogP contribution is -2.41. The lowest BCUT2D eigenvalue weighted by Gasteiger charge is -2.28. The Bertz CT molecular complexity index is 900. The van der Waals surface area contributed by atoms with Gasteiger partial charge in [0.2, 0.25) is 0 Å². The number of unbranched alkanes of at least 4 members (excludes halogenated alkanes) is 34. The van der Waals surface area contributed by atoms with Crippen LogP contribution >= 0.6 is 0 Å². The van der Waals surface area contributed by atoms with E-state index >= 15 is 0 Å². The smallest absolute Gasteiger partial charge is 0.316 e. The Labute approximate surface area is 357 Å². The normalized spacial score (nSPS) is 11.6. The Morgan fingerprint density at radius 2 is 0.586 bits per heavy atom. The van der Waals surface area contributed by atoms with Crippen molar-refractivity contribution in [2.24, 2.45) is 5.41 Å².